The van der Waals surface area contributed by atoms with Crippen molar-refractivity contribution in [3.05, 3.63) is 64.1 Å². The molecular weight excluding hydrogens is 376 g/mol. The van der Waals surface area contributed by atoms with Gasteiger partial charge in [0.05, 0.1) is 4.90 Å². The highest BCUT2D eigenvalue weighted by Gasteiger charge is 2.25. The minimum atomic E-state index is -3.58. The Kier molecular flexibility index (Phi) is 6.35. The number of benzene rings is 2. The van der Waals surface area contributed by atoms with Gasteiger partial charge < -0.3 is 5.73 Å². The van der Waals surface area contributed by atoms with Crippen molar-refractivity contribution < 1.29 is 8.42 Å². The smallest absolute Gasteiger partial charge is 0.244 e. The highest BCUT2D eigenvalue weighted by Crippen LogP contribution is 2.26. The normalized spacial score (nSPS) is 11.8. The Morgan fingerprint density at radius 2 is 1.78 bits per heavy atom. The van der Waals surface area contributed by atoms with E-state index < -0.39 is 10.0 Å². The molecule has 0 bridgehead atoms. The van der Waals surface area contributed by atoms with Gasteiger partial charge in [-0.15, -0.1) is 0 Å². The fourth-order valence-electron chi connectivity index (χ4n) is 2.34. The molecule has 2 aromatic carbocycles. The first kappa shape index (κ1) is 18.1. The van der Waals surface area contributed by atoms with Crippen molar-refractivity contribution >= 4 is 26.0 Å². The molecule has 2 N–H and O–H groups in total. The minimum absolute atomic E-state index is 0.289. The quantitative estimate of drug-likeness (QED) is 0.782. The van der Waals surface area contributed by atoms with Gasteiger partial charge in [0.15, 0.2) is 0 Å². The van der Waals surface area contributed by atoms with E-state index >= 15 is 0 Å². The van der Waals surface area contributed by atoms with E-state index in [0.717, 1.165) is 11.1 Å². The second-order valence-corrected chi connectivity index (χ2v) is 8.12. The largest absolute Gasteiger partial charge is 0.329 e. The van der Waals surface area contributed by atoms with E-state index in [-0.39, 0.29) is 6.54 Å². The van der Waals surface area contributed by atoms with Gasteiger partial charge in [0.25, 0.3) is 0 Å². The standard InChI is InChI=1S/C17H21BrN2O2S/c1-14-7-8-16(18)17(13-14)23(21,22)20(12-10-19)11-9-15-5-3-2-4-6-15/h2-8,13H,9-12,19H2,1H3. The molecular formula is C17H21BrN2O2S. The minimum Gasteiger partial charge on any atom is -0.329 e. The third kappa shape index (κ3) is 4.64. The van der Waals surface area contributed by atoms with Crippen LogP contribution in [0.4, 0.5) is 0 Å². The zero-order valence-corrected chi connectivity index (χ0v) is 15.5. The highest BCUT2D eigenvalue weighted by atomic mass is 79.9. The average Bonchev–Trinajstić information content (AvgIpc) is 2.54. The summed E-state index contributed by atoms with van der Waals surface area (Å²) in [7, 11) is -3.58. The van der Waals surface area contributed by atoms with Crippen molar-refractivity contribution in [2.24, 2.45) is 5.73 Å². The summed E-state index contributed by atoms with van der Waals surface area (Å²) in [5.74, 6) is 0. The van der Waals surface area contributed by atoms with Gasteiger partial charge in [-0.3, -0.25) is 0 Å². The van der Waals surface area contributed by atoms with Gasteiger partial charge in [0.1, 0.15) is 0 Å². The molecule has 0 heterocycles. The van der Waals surface area contributed by atoms with Gasteiger partial charge in [-0.1, -0.05) is 36.4 Å². The zero-order valence-electron chi connectivity index (χ0n) is 13.1. The predicted octanol–water partition coefficient (Wildman–Crippen LogP) is 2.95. The van der Waals surface area contributed by atoms with Crippen LogP contribution in [0.2, 0.25) is 0 Å². The summed E-state index contributed by atoms with van der Waals surface area (Å²) in [6.45, 7) is 2.87. The van der Waals surface area contributed by atoms with Gasteiger partial charge >= 0.3 is 0 Å². The van der Waals surface area contributed by atoms with Crippen molar-refractivity contribution in [1.82, 2.24) is 4.31 Å². The van der Waals surface area contributed by atoms with Crippen LogP contribution in [0.1, 0.15) is 11.1 Å². The Morgan fingerprint density at radius 3 is 2.43 bits per heavy atom. The molecule has 0 aromatic heterocycles. The monoisotopic (exact) mass is 396 g/mol. The first-order valence-corrected chi connectivity index (χ1v) is 9.69. The summed E-state index contributed by atoms with van der Waals surface area (Å²) in [5.41, 5.74) is 7.63. The molecule has 23 heavy (non-hydrogen) atoms. The van der Waals surface area contributed by atoms with E-state index in [9.17, 15) is 8.42 Å². The van der Waals surface area contributed by atoms with Crippen LogP contribution in [0, 0.1) is 6.92 Å². The summed E-state index contributed by atoms with van der Waals surface area (Å²) in [5, 5.41) is 0. The van der Waals surface area contributed by atoms with E-state index in [0.29, 0.717) is 28.9 Å². The Hall–Kier alpha value is -1.21. The molecule has 0 aliphatic carbocycles. The maximum absolute atomic E-state index is 13.0. The highest BCUT2D eigenvalue weighted by molar-refractivity contribution is 9.10. The fourth-order valence-corrected chi connectivity index (χ4v) is 4.81. The lowest BCUT2D eigenvalue weighted by atomic mass is 10.1. The maximum Gasteiger partial charge on any atom is 0.244 e. The van der Waals surface area contributed by atoms with Crippen LogP contribution in [0.3, 0.4) is 0 Å². The van der Waals surface area contributed by atoms with Crippen molar-refractivity contribution in [3.63, 3.8) is 0 Å². The van der Waals surface area contributed by atoms with Crippen LogP contribution in [-0.4, -0.2) is 32.4 Å². The molecule has 0 atom stereocenters. The van der Waals surface area contributed by atoms with Gasteiger partial charge in [-0.2, -0.15) is 4.31 Å². The number of hydrogen-bond acceptors (Lipinski definition) is 3. The second kappa shape index (κ2) is 8.06. The molecule has 0 aliphatic rings. The topological polar surface area (TPSA) is 63.4 Å². The lowest BCUT2D eigenvalue weighted by molar-refractivity contribution is 0.421. The van der Waals surface area contributed by atoms with Gasteiger partial charge in [-0.25, -0.2) is 8.42 Å². The Bertz CT molecular complexity index is 748. The van der Waals surface area contributed by atoms with Gasteiger partial charge in [-0.05, 0) is 52.5 Å². The van der Waals surface area contributed by atoms with E-state index in [1.165, 1.54) is 4.31 Å². The van der Waals surface area contributed by atoms with Crippen molar-refractivity contribution in [2.75, 3.05) is 19.6 Å². The molecule has 4 nitrogen and oxygen atoms in total. The average molecular weight is 397 g/mol. The molecule has 124 valence electrons. The molecule has 0 saturated heterocycles. The summed E-state index contributed by atoms with van der Waals surface area (Å²) < 4.78 is 27.9. The fraction of sp³-hybridized carbons (Fsp3) is 0.294. The molecule has 6 heteroatoms. The van der Waals surface area contributed by atoms with E-state index in [1.54, 1.807) is 12.1 Å². The van der Waals surface area contributed by atoms with Gasteiger partial charge in [0.2, 0.25) is 10.0 Å². The van der Waals surface area contributed by atoms with Crippen LogP contribution in [-0.2, 0) is 16.4 Å². The molecule has 0 saturated carbocycles. The summed E-state index contributed by atoms with van der Waals surface area (Å²) in [6, 6.07) is 15.2. The first-order chi connectivity index (χ1) is 10.9. The van der Waals surface area contributed by atoms with Crippen molar-refractivity contribution in [1.29, 1.82) is 0 Å². The molecule has 0 aliphatic heterocycles. The number of aryl methyl sites for hydroxylation is 1. The van der Waals surface area contributed by atoms with Gasteiger partial charge in [0, 0.05) is 24.1 Å². The number of rotatable bonds is 7. The third-order valence-electron chi connectivity index (χ3n) is 3.58. The third-order valence-corrected chi connectivity index (χ3v) is 6.47. The Balaban J connectivity index is 2.26. The predicted molar refractivity (Wildman–Crippen MR) is 96.8 cm³/mol. The van der Waals surface area contributed by atoms with E-state index in [4.69, 9.17) is 5.73 Å². The van der Waals surface area contributed by atoms with Crippen LogP contribution in [0.15, 0.2) is 57.9 Å². The maximum atomic E-state index is 13.0. The second-order valence-electron chi connectivity index (χ2n) is 5.36. The molecule has 2 aromatic rings. The molecule has 0 radical (unpaired) electrons. The van der Waals surface area contributed by atoms with E-state index in [2.05, 4.69) is 15.9 Å². The Morgan fingerprint density at radius 1 is 1.09 bits per heavy atom. The molecule has 0 unspecified atom stereocenters. The Labute approximate surface area is 146 Å². The molecule has 0 amide bonds. The number of hydrogen-bond donors (Lipinski definition) is 1. The molecule has 0 spiro atoms. The van der Waals surface area contributed by atoms with Crippen LogP contribution in [0.5, 0.6) is 0 Å². The molecule has 2 rings (SSSR count). The van der Waals surface area contributed by atoms with Crippen LogP contribution >= 0.6 is 15.9 Å². The van der Waals surface area contributed by atoms with Crippen molar-refractivity contribution in [2.45, 2.75) is 18.2 Å². The number of nitrogens with zero attached hydrogens (tertiary/aromatic N) is 1. The lowest BCUT2D eigenvalue weighted by Gasteiger charge is -2.22. The summed E-state index contributed by atoms with van der Waals surface area (Å²) >= 11 is 3.34. The zero-order chi connectivity index (χ0) is 16.9. The van der Waals surface area contributed by atoms with Crippen molar-refractivity contribution in [3.8, 4) is 0 Å². The first-order valence-electron chi connectivity index (χ1n) is 7.45. The lowest BCUT2D eigenvalue weighted by Crippen LogP contribution is -2.37. The molecule has 0 fully saturated rings. The number of nitrogens with two attached hydrogens (primary N) is 1. The SMILES string of the molecule is Cc1ccc(Br)c(S(=O)(=O)N(CCN)CCc2ccccc2)c1. The van der Waals surface area contributed by atoms with Crippen LogP contribution in [0.25, 0.3) is 0 Å². The van der Waals surface area contributed by atoms with E-state index in [1.807, 2.05) is 43.3 Å². The van der Waals surface area contributed by atoms with Crippen LogP contribution < -0.4 is 5.73 Å². The summed E-state index contributed by atoms with van der Waals surface area (Å²) in [6.07, 6.45) is 0.656. The number of halogens is 1. The number of sulfonamides is 1. The summed E-state index contributed by atoms with van der Waals surface area (Å²) in [4.78, 5) is 0.291.